The molecule has 1 aliphatic heterocycles. The standard InChI is InChI=1S/C23H20N4O2S/c24-22-18(23-26-19-3-1-2-4-21(19)30-23)11-17(12-25-22)15-5-7-16(8-6-15)20-13-27(14-28)9-10-29-20/h1-8,11-12,14,20H,9-10,13H2,(H2,24,25). The summed E-state index contributed by atoms with van der Waals surface area (Å²) in [6, 6.07) is 18.3. The van der Waals surface area contributed by atoms with Crippen molar-refractivity contribution >= 4 is 33.8 Å². The van der Waals surface area contributed by atoms with E-state index in [2.05, 4.69) is 11.1 Å². The number of rotatable bonds is 4. The summed E-state index contributed by atoms with van der Waals surface area (Å²) in [5.74, 6) is 0.471. The maximum atomic E-state index is 11.1. The lowest BCUT2D eigenvalue weighted by atomic mass is 10.0. The third-order valence-electron chi connectivity index (χ3n) is 5.31. The van der Waals surface area contributed by atoms with Crippen molar-refractivity contribution in [2.24, 2.45) is 0 Å². The number of amides is 1. The van der Waals surface area contributed by atoms with Crippen molar-refractivity contribution < 1.29 is 9.53 Å². The fourth-order valence-electron chi connectivity index (χ4n) is 3.65. The van der Waals surface area contributed by atoms with Gasteiger partial charge in [0.1, 0.15) is 16.9 Å². The lowest BCUT2D eigenvalue weighted by Gasteiger charge is -2.30. The number of aromatic nitrogens is 2. The van der Waals surface area contributed by atoms with Crippen molar-refractivity contribution in [1.82, 2.24) is 14.9 Å². The lowest BCUT2D eigenvalue weighted by molar-refractivity contribution is -0.125. The van der Waals surface area contributed by atoms with E-state index in [9.17, 15) is 4.79 Å². The molecular weight excluding hydrogens is 396 g/mol. The number of nitrogens with zero attached hydrogens (tertiary/aromatic N) is 3. The molecule has 4 aromatic rings. The predicted octanol–water partition coefficient (Wildman–Crippen LogP) is 4.14. The van der Waals surface area contributed by atoms with Gasteiger partial charge in [-0.2, -0.15) is 0 Å². The molecule has 150 valence electrons. The van der Waals surface area contributed by atoms with E-state index in [4.69, 9.17) is 15.5 Å². The average molecular weight is 417 g/mol. The van der Waals surface area contributed by atoms with Crippen LogP contribution in [0, 0.1) is 0 Å². The van der Waals surface area contributed by atoms with Crippen LogP contribution in [0.4, 0.5) is 5.82 Å². The van der Waals surface area contributed by atoms with Crippen molar-refractivity contribution in [2.75, 3.05) is 25.4 Å². The van der Waals surface area contributed by atoms with Crippen LogP contribution in [0.25, 0.3) is 31.9 Å². The summed E-state index contributed by atoms with van der Waals surface area (Å²) in [6.45, 7) is 1.77. The molecule has 1 aliphatic rings. The number of pyridine rings is 1. The Labute approximate surface area is 178 Å². The summed E-state index contributed by atoms with van der Waals surface area (Å²) in [6.07, 6.45) is 2.57. The van der Waals surface area contributed by atoms with Crippen molar-refractivity contribution in [3.8, 4) is 21.7 Å². The Balaban J connectivity index is 1.44. The van der Waals surface area contributed by atoms with E-state index in [1.807, 2.05) is 48.5 Å². The number of nitrogens with two attached hydrogens (primary N) is 1. The van der Waals surface area contributed by atoms with Gasteiger partial charge in [0, 0.05) is 18.3 Å². The number of nitrogen functional groups attached to an aromatic ring is 1. The molecule has 1 saturated heterocycles. The molecule has 2 N–H and O–H groups in total. The summed E-state index contributed by atoms with van der Waals surface area (Å²) < 4.78 is 6.95. The first-order chi connectivity index (χ1) is 14.7. The minimum absolute atomic E-state index is 0.0964. The van der Waals surface area contributed by atoms with Crippen LogP contribution in [0.3, 0.4) is 0 Å². The third kappa shape index (κ3) is 3.53. The van der Waals surface area contributed by atoms with Crippen molar-refractivity contribution in [3.63, 3.8) is 0 Å². The number of carbonyl (C=O) groups excluding carboxylic acids is 1. The Bertz CT molecular complexity index is 1170. The Morgan fingerprint density at radius 2 is 1.97 bits per heavy atom. The average Bonchev–Trinajstić information content (AvgIpc) is 3.24. The number of hydrogen-bond acceptors (Lipinski definition) is 6. The zero-order chi connectivity index (χ0) is 20.5. The first kappa shape index (κ1) is 18.7. The molecule has 1 fully saturated rings. The van der Waals surface area contributed by atoms with E-state index in [0.29, 0.717) is 25.5 Å². The Hall–Kier alpha value is -3.29. The molecule has 1 unspecified atom stereocenters. The van der Waals surface area contributed by atoms with Gasteiger partial charge in [0.25, 0.3) is 0 Å². The van der Waals surface area contributed by atoms with Crippen LogP contribution in [0.15, 0.2) is 60.8 Å². The van der Waals surface area contributed by atoms with Gasteiger partial charge in [0.05, 0.1) is 28.9 Å². The van der Waals surface area contributed by atoms with Gasteiger partial charge >= 0.3 is 0 Å². The number of hydrogen-bond donors (Lipinski definition) is 1. The van der Waals surface area contributed by atoms with Gasteiger partial charge in [-0.3, -0.25) is 4.79 Å². The van der Waals surface area contributed by atoms with Gasteiger partial charge in [-0.1, -0.05) is 36.4 Å². The number of para-hydroxylation sites is 1. The number of thiazole rings is 1. The summed E-state index contributed by atoms with van der Waals surface area (Å²) in [4.78, 5) is 21.9. The molecular formula is C23H20N4O2S. The van der Waals surface area contributed by atoms with Crippen molar-refractivity contribution in [1.29, 1.82) is 0 Å². The third-order valence-corrected chi connectivity index (χ3v) is 6.38. The van der Waals surface area contributed by atoms with Crippen molar-refractivity contribution in [3.05, 3.63) is 66.4 Å². The van der Waals surface area contributed by atoms with Gasteiger partial charge in [-0.05, 0) is 29.3 Å². The molecule has 0 radical (unpaired) electrons. The lowest BCUT2D eigenvalue weighted by Crippen LogP contribution is -2.37. The highest BCUT2D eigenvalue weighted by Crippen LogP contribution is 2.35. The molecule has 5 rings (SSSR count). The maximum absolute atomic E-state index is 11.1. The molecule has 2 aromatic heterocycles. The molecule has 6 nitrogen and oxygen atoms in total. The van der Waals surface area contributed by atoms with Gasteiger partial charge in [0.2, 0.25) is 6.41 Å². The second kappa shape index (κ2) is 7.85. The molecule has 0 bridgehead atoms. The molecule has 3 heterocycles. The van der Waals surface area contributed by atoms with E-state index < -0.39 is 0 Å². The second-order valence-corrected chi connectivity index (χ2v) is 8.26. The SMILES string of the molecule is Nc1ncc(-c2ccc(C3CN(C=O)CCO3)cc2)cc1-c1nc2ccccc2s1. The minimum atomic E-state index is -0.0964. The molecule has 30 heavy (non-hydrogen) atoms. The number of carbonyl (C=O) groups is 1. The summed E-state index contributed by atoms with van der Waals surface area (Å²) in [5, 5.41) is 0.865. The van der Waals surface area contributed by atoms with E-state index >= 15 is 0 Å². The highest BCUT2D eigenvalue weighted by molar-refractivity contribution is 7.21. The smallest absolute Gasteiger partial charge is 0.209 e. The zero-order valence-electron chi connectivity index (χ0n) is 16.2. The quantitative estimate of drug-likeness (QED) is 0.506. The van der Waals surface area contributed by atoms with Gasteiger partial charge in [-0.25, -0.2) is 9.97 Å². The minimum Gasteiger partial charge on any atom is -0.383 e. The predicted molar refractivity (Wildman–Crippen MR) is 119 cm³/mol. The van der Waals surface area contributed by atoms with Crippen LogP contribution in [-0.2, 0) is 9.53 Å². The van der Waals surface area contributed by atoms with Crippen LogP contribution in [-0.4, -0.2) is 41.0 Å². The Kier molecular flexibility index (Phi) is 4.90. The molecule has 7 heteroatoms. The van der Waals surface area contributed by atoms with Gasteiger partial charge in [-0.15, -0.1) is 11.3 Å². The Morgan fingerprint density at radius 1 is 1.13 bits per heavy atom. The highest BCUT2D eigenvalue weighted by Gasteiger charge is 2.21. The van der Waals surface area contributed by atoms with Crippen LogP contribution in [0.5, 0.6) is 0 Å². The number of ether oxygens (including phenoxy) is 1. The molecule has 1 atom stereocenters. The van der Waals surface area contributed by atoms with Crippen LogP contribution >= 0.6 is 11.3 Å². The molecule has 2 aromatic carbocycles. The molecule has 0 spiro atoms. The number of benzene rings is 2. The second-order valence-electron chi connectivity index (χ2n) is 7.23. The van der Waals surface area contributed by atoms with Crippen LogP contribution < -0.4 is 5.73 Å². The van der Waals surface area contributed by atoms with Gasteiger partial charge < -0.3 is 15.4 Å². The first-order valence-corrected chi connectivity index (χ1v) is 10.6. The highest BCUT2D eigenvalue weighted by atomic mass is 32.1. The molecule has 0 aliphatic carbocycles. The topological polar surface area (TPSA) is 81.3 Å². The first-order valence-electron chi connectivity index (χ1n) is 9.74. The molecule has 1 amide bonds. The van der Waals surface area contributed by atoms with E-state index in [0.717, 1.165) is 43.9 Å². The van der Waals surface area contributed by atoms with E-state index in [-0.39, 0.29) is 6.10 Å². The monoisotopic (exact) mass is 416 g/mol. The fourth-order valence-corrected chi connectivity index (χ4v) is 4.64. The largest absolute Gasteiger partial charge is 0.383 e. The Morgan fingerprint density at radius 3 is 2.77 bits per heavy atom. The zero-order valence-corrected chi connectivity index (χ0v) is 17.0. The van der Waals surface area contributed by atoms with E-state index in [1.165, 1.54) is 0 Å². The summed E-state index contributed by atoms with van der Waals surface area (Å²) >= 11 is 1.61. The normalized spacial score (nSPS) is 16.7. The number of fused-ring (bicyclic) bond motifs is 1. The number of anilines is 1. The summed E-state index contributed by atoms with van der Waals surface area (Å²) in [7, 11) is 0. The summed E-state index contributed by atoms with van der Waals surface area (Å²) in [5.41, 5.74) is 11.0. The van der Waals surface area contributed by atoms with Gasteiger partial charge in [0.15, 0.2) is 0 Å². The fraction of sp³-hybridized carbons (Fsp3) is 0.174. The molecule has 0 saturated carbocycles. The number of morpholine rings is 1. The van der Waals surface area contributed by atoms with Crippen molar-refractivity contribution in [2.45, 2.75) is 6.10 Å². The van der Waals surface area contributed by atoms with E-state index in [1.54, 1.807) is 22.4 Å². The van der Waals surface area contributed by atoms with Crippen LogP contribution in [0.1, 0.15) is 11.7 Å². The maximum Gasteiger partial charge on any atom is 0.209 e. The van der Waals surface area contributed by atoms with Crippen LogP contribution in [0.2, 0.25) is 0 Å².